The molecular weight excluding hydrogens is 833 g/mol. The molecule has 4 N–H and O–H groups in total. The largest absolute Gasteiger partial charge is 0.481 e. The Morgan fingerprint density at radius 1 is 0.540 bits per heavy atom. The van der Waals surface area contributed by atoms with E-state index in [1.54, 1.807) is 60.7 Å². The number of rotatable bonds is 11. The smallest absolute Gasteiger partial charge is 0.307 e. The van der Waals surface area contributed by atoms with Crippen LogP contribution in [0.3, 0.4) is 0 Å². The van der Waals surface area contributed by atoms with Gasteiger partial charge in [0.1, 0.15) is 0 Å². The molecule has 0 saturated carbocycles. The SMILES string of the molecule is CC1=C(CC(=O)O)c2cc(NS(=O)(=O)c3ccc4ccccc4c3)ccc2/C1=C\c1ccccc1.CC1=C(CC(=O)O)c2cc(NS(=O)(=O)c3ccc4ccccc4c3)ccc2C1. The average molecular weight is 875 g/mol. The van der Waals surface area contributed by atoms with Gasteiger partial charge in [-0.05, 0) is 147 Å². The van der Waals surface area contributed by atoms with E-state index in [0.29, 0.717) is 23.4 Å². The Morgan fingerprint density at radius 3 is 1.59 bits per heavy atom. The van der Waals surface area contributed by atoms with Crippen molar-refractivity contribution in [3.05, 3.63) is 191 Å². The average Bonchev–Trinajstić information content (AvgIpc) is 3.70. The van der Waals surface area contributed by atoms with Gasteiger partial charge in [-0.1, -0.05) is 109 Å². The fourth-order valence-corrected chi connectivity index (χ4v) is 10.3. The summed E-state index contributed by atoms with van der Waals surface area (Å²) in [6, 6.07) is 45.6. The second kappa shape index (κ2) is 17.2. The van der Waals surface area contributed by atoms with Crippen LogP contribution in [-0.4, -0.2) is 39.0 Å². The molecule has 63 heavy (non-hydrogen) atoms. The summed E-state index contributed by atoms with van der Waals surface area (Å²) in [5.41, 5.74) is 9.50. The van der Waals surface area contributed by atoms with Gasteiger partial charge in [0.2, 0.25) is 0 Å². The number of fused-ring (bicyclic) bond motifs is 4. The molecule has 0 unspecified atom stereocenters. The van der Waals surface area contributed by atoms with Gasteiger partial charge in [0.25, 0.3) is 20.0 Å². The van der Waals surface area contributed by atoms with Crippen molar-refractivity contribution in [3.63, 3.8) is 0 Å². The highest BCUT2D eigenvalue weighted by molar-refractivity contribution is 7.93. The lowest BCUT2D eigenvalue weighted by Gasteiger charge is -2.12. The highest BCUT2D eigenvalue weighted by atomic mass is 32.2. The number of nitrogens with one attached hydrogen (secondary N) is 2. The Hall–Kier alpha value is -7.28. The Labute approximate surface area is 365 Å². The fourth-order valence-electron chi connectivity index (χ4n) is 8.13. The van der Waals surface area contributed by atoms with E-state index in [4.69, 9.17) is 5.11 Å². The van der Waals surface area contributed by atoms with Gasteiger partial charge in [0.05, 0.1) is 22.6 Å². The molecule has 0 aromatic heterocycles. The molecule has 7 aromatic carbocycles. The lowest BCUT2D eigenvalue weighted by molar-refractivity contribution is -0.136. The van der Waals surface area contributed by atoms with Crippen LogP contribution in [0.1, 0.15) is 54.5 Å². The minimum atomic E-state index is -3.84. The topological polar surface area (TPSA) is 167 Å². The number of hydrogen-bond acceptors (Lipinski definition) is 6. The summed E-state index contributed by atoms with van der Waals surface area (Å²) in [5.74, 6) is -1.84. The van der Waals surface area contributed by atoms with Crippen LogP contribution in [-0.2, 0) is 36.1 Å². The molecule has 0 radical (unpaired) electrons. The molecule has 2 aliphatic rings. The first-order valence-corrected chi connectivity index (χ1v) is 23.0. The number of carbonyl (C=O) groups is 2. The summed E-state index contributed by atoms with van der Waals surface area (Å²) in [5, 5.41) is 22.3. The molecule has 0 fully saturated rings. The van der Waals surface area contributed by atoms with Crippen molar-refractivity contribution >= 4 is 87.7 Å². The van der Waals surface area contributed by atoms with E-state index in [2.05, 4.69) is 9.44 Å². The molecule has 7 aromatic rings. The molecule has 9 rings (SSSR count). The number of benzene rings is 7. The Bertz CT molecular complexity index is 3320. The third-order valence-corrected chi connectivity index (χ3v) is 14.0. The van der Waals surface area contributed by atoms with E-state index in [1.165, 1.54) is 0 Å². The van der Waals surface area contributed by atoms with Crippen LogP contribution in [0.5, 0.6) is 0 Å². The molecule has 12 heteroatoms. The lowest BCUT2D eigenvalue weighted by atomic mass is 10.0. The van der Waals surface area contributed by atoms with Gasteiger partial charge >= 0.3 is 11.9 Å². The molecule has 316 valence electrons. The highest BCUT2D eigenvalue weighted by Crippen LogP contribution is 2.45. The normalized spacial score (nSPS) is 14.0. The summed E-state index contributed by atoms with van der Waals surface area (Å²) >= 11 is 0. The van der Waals surface area contributed by atoms with Gasteiger partial charge in [0, 0.05) is 11.4 Å². The first-order chi connectivity index (χ1) is 30.1. The van der Waals surface area contributed by atoms with Gasteiger partial charge in [-0.2, -0.15) is 0 Å². The predicted molar refractivity (Wildman–Crippen MR) is 250 cm³/mol. The zero-order valence-electron chi connectivity index (χ0n) is 34.3. The molecule has 0 amide bonds. The van der Waals surface area contributed by atoms with Crippen molar-refractivity contribution < 1.29 is 36.6 Å². The first kappa shape index (κ1) is 42.4. The standard InChI is InChI=1S/C29H23NO4S.C22H19NO4S/c1-19-26(15-20-7-3-2-4-8-20)25-14-12-23(17-28(25)27(19)18-29(31)32)30-35(33,34)24-13-11-21-9-5-6-10-22(21)16-24;1-14-10-17-6-8-18(12-21(17)20(14)13-22(24)25)23-28(26,27)19-9-7-15-4-2-3-5-16(15)11-19/h2-17,30H,18H2,1H3,(H,31,32);2-9,11-12,23H,10,13H2,1H3,(H,24,25)/b26-15-;. The van der Waals surface area contributed by atoms with Crippen LogP contribution < -0.4 is 9.44 Å². The van der Waals surface area contributed by atoms with Crippen molar-refractivity contribution in [1.82, 2.24) is 0 Å². The van der Waals surface area contributed by atoms with E-state index in [0.717, 1.165) is 71.7 Å². The Morgan fingerprint density at radius 2 is 1.03 bits per heavy atom. The molecule has 0 heterocycles. The van der Waals surface area contributed by atoms with Crippen LogP contribution in [0.15, 0.2) is 173 Å². The number of carboxylic acids is 2. The van der Waals surface area contributed by atoms with E-state index < -0.39 is 32.0 Å². The summed E-state index contributed by atoms with van der Waals surface area (Å²) in [4.78, 5) is 23.1. The number of aliphatic carboxylic acids is 2. The highest BCUT2D eigenvalue weighted by Gasteiger charge is 2.27. The fraction of sp³-hybridized carbons (Fsp3) is 0.0980. The molecule has 2 aliphatic carbocycles. The molecule has 0 atom stereocenters. The summed E-state index contributed by atoms with van der Waals surface area (Å²) in [7, 11) is -7.59. The molecule has 0 saturated heterocycles. The number of anilines is 2. The summed E-state index contributed by atoms with van der Waals surface area (Å²) in [6.45, 7) is 3.82. The van der Waals surface area contributed by atoms with Crippen LogP contribution in [0, 0.1) is 0 Å². The third-order valence-electron chi connectivity index (χ3n) is 11.2. The van der Waals surface area contributed by atoms with Crippen LogP contribution in [0.2, 0.25) is 0 Å². The van der Waals surface area contributed by atoms with Gasteiger partial charge in [-0.25, -0.2) is 16.8 Å². The second-order valence-electron chi connectivity index (χ2n) is 15.5. The molecule has 0 bridgehead atoms. The van der Waals surface area contributed by atoms with E-state index >= 15 is 0 Å². The first-order valence-electron chi connectivity index (χ1n) is 20.1. The summed E-state index contributed by atoms with van der Waals surface area (Å²) < 4.78 is 57.3. The maximum absolute atomic E-state index is 13.1. The lowest BCUT2D eigenvalue weighted by Crippen LogP contribution is -2.13. The van der Waals surface area contributed by atoms with Crippen LogP contribution in [0.4, 0.5) is 11.4 Å². The number of hydrogen-bond donors (Lipinski definition) is 4. The van der Waals surface area contributed by atoms with Crippen LogP contribution >= 0.6 is 0 Å². The molecule has 10 nitrogen and oxygen atoms in total. The minimum Gasteiger partial charge on any atom is -0.481 e. The van der Waals surface area contributed by atoms with Crippen LogP contribution in [0.25, 0.3) is 44.3 Å². The van der Waals surface area contributed by atoms with E-state index in [1.807, 2.05) is 111 Å². The number of allylic oxidation sites excluding steroid dienone is 3. The monoisotopic (exact) mass is 874 g/mol. The molecule has 0 aliphatic heterocycles. The van der Waals surface area contributed by atoms with Crippen molar-refractivity contribution in [3.8, 4) is 0 Å². The number of sulfonamides is 2. The van der Waals surface area contributed by atoms with Crippen molar-refractivity contribution in [1.29, 1.82) is 0 Å². The van der Waals surface area contributed by atoms with Crippen molar-refractivity contribution in [2.45, 2.75) is 42.9 Å². The predicted octanol–water partition coefficient (Wildman–Crippen LogP) is 10.9. The minimum absolute atomic E-state index is 0.0697. The zero-order valence-corrected chi connectivity index (χ0v) is 35.9. The van der Waals surface area contributed by atoms with Gasteiger partial charge < -0.3 is 10.2 Å². The Balaban J connectivity index is 0.000000177. The maximum atomic E-state index is 13.1. The Kier molecular flexibility index (Phi) is 11.6. The quantitative estimate of drug-likeness (QED) is 0.0996. The maximum Gasteiger partial charge on any atom is 0.307 e. The van der Waals surface area contributed by atoms with E-state index in [-0.39, 0.29) is 22.6 Å². The number of carboxylic acid groups (broad SMARTS) is 2. The van der Waals surface area contributed by atoms with Gasteiger partial charge in [0.15, 0.2) is 0 Å². The molecule has 0 spiro atoms. The summed E-state index contributed by atoms with van der Waals surface area (Å²) in [6.07, 6.45) is 2.50. The zero-order chi connectivity index (χ0) is 44.5. The third kappa shape index (κ3) is 9.18. The molecular formula is C51H42N2O8S2. The van der Waals surface area contributed by atoms with Crippen molar-refractivity contribution in [2.75, 3.05) is 9.44 Å². The van der Waals surface area contributed by atoms with Crippen molar-refractivity contribution in [2.24, 2.45) is 0 Å². The van der Waals surface area contributed by atoms with Gasteiger partial charge in [-0.3, -0.25) is 19.0 Å². The van der Waals surface area contributed by atoms with Gasteiger partial charge in [-0.15, -0.1) is 0 Å². The van der Waals surface area contributed by atoms with E-state index in [9.17, 15) is 31.5 Å². The second-order valence-corrected chi connectivity index (χ2v) is 18.9.